The Kier molecular flexibility index (Phi) is 3.13. The molecule has 1 heterocycles. The van der Waals surface area contributed by atoms with Gasteiger partial charge in [0.05, 0.1) is 0 Å². The summed E-state index contributed by atoms with van der Waals surface area (Å²) >= 11 is 0. The van der Waals surface area contributed by atoms with Crippen LogP contribution in [0.2, 0.25) is 0 Å². The van der Waals surface area contributed by atoms with E-state index >= 15 is 0 Å². The Labute approximate surface area is 87.8 Å². The van der Waals surface area contributed by atoms with Crippen LogP contribution in [-0.4, -0.2) is 29.6 Å². The van der Waals surface area contributed by atoms with Crippen LogP contribution in [0.3, 0.4) is 0 Å². The lowest BCUT2D eigenvalue weighted by molar-refractivity contribution is 0.0911. The summed E-state index contributed by atoms with van der Waals surface area (Å²) in [5.74, 6) is 0. The number of nitrogens with zero attached hydrogens (tertiary/aromatic N) is 1. The van der Waals surface area contributed by atoms with E-state index in [2.05, 4.69) is 11.8 Å². The van der Waals surface area contributed by atoms with Gasteiger partial charge in [0.2, 0.25) is 0 Å². The highest BCUT2D eigenvalue weighted by atomic mass is 15.3. The summed E-state index contributed by atoms with van der Waals surface area (Å²) in [6.45, 7) is 4.42. The van der Waals surface area contributed by atoms with Crippen molar-refractivity contribution in [2.45, 2.75) is 63.5 Å². The number of hydrogen-bond donors (Lipinski definition) is 1. The lowest BCUT2D eigenvalue weighted by atomic mass is 9.92. The molecule has 1 saturated heterocycles. The highest BCUT2D eigenvalue weighted by Crippen LogP contribution is 2.44. The Morgan fingerprint density at radius 1 is 1.21 bits per heavy atom. The van der Waals surface area contributed by atoms with Crippen LogP contribution in [-0.2, 0) is 0 Å². The Morgan fingerprint density at radius 2 is 1.86 bits per heavy atom. The molecular weight excluding hydrogens is 172 g/mol. The van der Waals surface area contributed by atoms with Crippen LogP contribution in [0.5, 0.6) is 0 Å². The highest BCUT2D eigenvalue weighted by Gasteiger charge is 2.44. The van der Waals surface area contributed by atoms with E-state index in [9.17, 15) is 0 Å². The van der Waals surface area contributed by atoms with E-state index < -0.39 is 0 Å². The van der Waals surface area contributed by atoms with Gasteiger partial charge < -0.3 is 5.73 Å². The van der Waals surface area contributed by atoms with E-state index in [1.54, 1.807) is 0 Å². The second-order valence-electron chi connectivity index (χ2n) is 5.03. The zero-order valence-corrected chi connectivity index (χ0v) is 9.47. The van der Waals surface area contributed by atoms with Crippen molar-refractivity contribution in [2.75, 3.05) is 13.1 Å². The van der Waals surface area contributed by atoms with E-state index in [1.165, 1.54) is 51.5 Å². The molecule has 1 atom stereocenters. The summed E-state index contributed by atoms with van der Waals surface area (Å²) < 4.78 is 0. The molecule has 14 heavy (non-hydrogen) atoms. The molecule has 0 radical (unpaired) electrons. The zero-order chi connectivity index (χ0) is 10.0. The molecule has 0 amide bonds. The molecule has 0 bridgehead atoms. The molecule has 1 aliphatic carbocycles. The van der Waals surface area contributed by atoms with Crippen molar-refractivity contribution in [3.8, 4) is 0 Å². The SMILES string of the molecule is CCC(CN)N1CCCC12CCCC2. The third kappa shape index (κ3) is 1.59. The topological polar surface area (TPSA) is 29.3 Å². The van der Waals surface area contributed by atoms with Gasteiger partial charge in [-0.1, -0.05) is 19.8 Å². The first kappa shape index (κ1) is 10.4. The van der Waals surface area contributed by atoms with Crippen molar-refractivity contribution in [2.24, 2.45) is 5.73 Å². The summed E-state index contributed by atoms with van der Waals surface area (Å²) in [4.78, 5) is 2.75. The van der Waals surface area contributed by atoms with Gasteiger partial charge in [0.15, 0.2) is 0 Å². The molecule has 0 aromatic heterocycles. The summed E-state index contributed by atoms with van der Waals surface area (Å²) in [7, 11) is 0. The quantitative estimate of drug-likeness (QED) is 0.749. The molecule has 2 rings (SSSR count). The molecule has 0 aromatic rings. The van der Waals surface area contributed by atoms with E-state index in [-0.39, 0.29) is 0 Å². The summed E-state index contributed by atoms with van der Waals surface area (Å²) in [6.07, 6.45) is 9.81. The molecule has 2 aliphatic rings. The fourth-order valence-electron chi connectivity index (χ4n) is 3.61. The van der Waals surface area contributed by atoms with E-state index in [4.69, 9.17) is 5.73 Å². The van der Waals surface area contributed by atoms with Gasteiger partial charge in [-0.25, -0.2) is 0 Å². The number of rotatable bonds is 3. The normalized spacial score (nSPS) is 28.7. The molecule has 0 aromatic carbocycles. The van der Waals surface area contributed by atoms with Crippen molar-refractivity contribution >= 4 is 0 Å². The van der Waals surface area contributed by atoms with Gasteiger partial charge in [-0.3, -0.25) is 4.90 Å². The van der Waals surface area contributed by atoms with Crippen LogP contribution in [0, 0.1) is 0 Å². The second-order valence-corrected chi connectivity index (χ2v) is 5.03. The number of hydrogen-bond acceptors (Lipinski definition) is 2. The smallest absolute Gasteiger partial charge is 0.0221 e. The van der Waals surface area contributed by atoms with Crippen LogP contribution in [0.1, 0.15) is 51.9 Å². The van der Waals surface area contributed by atoms with Crippen LogP contribution < -0.4 is 5.73 Å². The van der Waals surface area contributed by atoms with Gasteiger partial charge in [0.25, 0.3) is 0 Å². The third-order valence-corrected chi connectivity index (χ3v) is 4.37. The van der Waals surface area contributed by atoms with Crippen molar-refractivity contribution in [3.05, 3.63) is 0 Å². The summed E-state index contributed by atoms with van der Waals surface area (Å²) in [5.41, 5.74) is 6.46. The zero-order valence-electron chi connectivity index (χ0n) is 9.47. The fraction of sp³-hybridized carbons (Fsp3) is 1.00. The minimum absolute atomic E-state index is 0.583. The molecule has 2 heteroatoms. The maximum absolute atomic E-state index is 5.87. The Bertz CT molecular complexity index is 175. The lowest BCUT2D eigenvalue weighted by Crippen LogP contribution is -2.50. The molecule has 1 aliphatic heterocycles. The summed E-state index contributed by atoms with van der Waals surface area (Å²) in [5, 5.41) is 0. The largest absolute Gasteiger partial charge is 0.329 e. The van der Waals surface area contributed by atoms with E-state index in [0.29, 0.717) is 11.6 Å². The Morgan fingerprint density at radius 3 is 2.43 bits per heavy atom. The Hall–Kier alpha value is -0.0800. The third-order valence-electron chi connectivity index (χ3n) is 4.37. The minimum Gasteiger partial charge on any atom is -0.329 e. The average Bonchev–Trinajstić information content (AvgIpc) is 2.81. The molecule has 2 N–H and O–H groups in total. The monoisotopic (exact) mass is 196 g/mol. The average molecular weight is 196 g/mol. The predicted molar refractivity (Wildman–Crippen MR) is 60.3 cm³/mol. The molecule has 1 unspecified atom stereocenters. The van der Waals surface area contributed by atoms with E-state index in [0.717, 1.165) is 6.54 Å². The van der Waals surface area contributed by atoms with Gasteiger partial charge in [-0.2, -0.15) is 0 Å². The second kappa shape index (κ2) is 4.19. The van der Waals surface area contributed by atoms with Gasteiger partial charge in [-0.05, 0) is 38.6 Å². The molecule has 1 spiro atoms. The van der Waals surface area contributed by atoms with E-state index in [1.807, 2.05) is 0 Å². The highest BCUT2D eigenvalue weighted by molar-refractivity contribution is 5.01. The standard InChI is InChI=1S/C12H24N2/c1-2-11(10-13)14-9-5-8-12(14)6-3-4-7-12/h11H,2-10,13H2,1H3. The number of nitrogens with two attached hydrogens (primary N) is 1. The molecule has 2 fully saturated rings. The lowest BCUT2D eigenvalue weighted by Gasteiger charge is -2.40. The van der Waals surface area contributed by atoms with Gasteiger partial charge in [-0.15, -0.1) is 0 Å². The number of likely N-dealkylation sites (tertiary alicyclic amines) is 1. The van der Waals surface area contributed by atoms with Gasteiger partial charge in [0, 0.05) is 18.1 Å². The summed E-state index contributed by atoms with van der Waals surface area (Å²) in [6, 6.07) is 0.649. The first-order valence-corrected chi connectivity index (χ1v) is 6.29. The van der Waals surface area contributed by atoms with Crippen LogP contribution in [0.4, 0.5) is 0 Å². The van der Waals surface area contributed by atoms with Crippen molar-refractivity contribution in [3.63, 3.8) is 0 Å². The van der Waals surface area contributed by atoms with Gasteiger partial charge >= 0.3 is 0 Å². The van der Waals surface area contributed by atoms with Crippen LogP contribution in [0.15, 0.2) is 0 Å². The van der Waals surface area contributed by atoms with Crippen molar-refractivity contribution in [1.29, 1.82) is 0 Å². The Balaban J connectivity index is 2.09. The van der Waals surface area contributed by atoms with Crippen LogP contribution >= 0.6 is 0 Å². The van der Waals surface area contributed by atoms with Crippen molar-refractivity contribution in [1.82, 2.24) is 4.90 Å². The maximum Gasteiger partial charge on any atom is 0.0221 e. The molecule has 82 valence electrons. The minimum atomic E-state index is 0.583. The molecule has 1 saturated carbocycles. The van der Waals surface area contributed by atoms with Gasteiger partial charge in [0.1, 0.15) is 0 Å². The maximum atomic E-state index is 5.87. The molecule has 2 nitrogen and oxygen atoms in total. The predicted octanol–water partition coefficient (Wildman–Crippen LogP) is 2.13. The molecular formula is C12H24N2. The first-order valence-electron chi connectivity index (χ1n) is 6.29. The van der Waals surface area contributed by atoms with Crippen LogP contribution in [0.25, 0.3) is 0 Å². The first-order chi connectivity index (χ1) is 6.82. The van der Waals surface area contributed by atoms with Crippen molar-refractivity contribution < 1.29 is 0 Å². The fourth-order valence-corrected chi connectivity index (χ4v) is 3.61.